The van der Waals surface area contributed by atoms with E-state index in [0.717, 1.165) is 30.5 Å². The zero-order chi connectivity index (χ0) is 16.6. The third kappa shape index (κ3) is 3.41. The molecule has 7 heteroatoms. The predicted octanol–water partition coefficient (Wildman–Crippen LogP) is 2.99. The highest BCUT2D eigenvalue weighted by molar-refractivity contribution is 6.35. The van der Waals surface area contributed by atoms with Gasteiger partial charge in [0.25, 0.3) is 5.56 Å². The number of amides is 1. The van der Waals surface area contributed by atoms with Crippen LogP contribution in [0.5, 0.6) is 0 Å². The molecule has 0 bridgehead atoms. The molecule has 1 aromatic carbocycles. The van der Waals surface area contributed by atoms with Gasteiger partial charge in [0.15, 0.2) is 0 Å². The summed E-state index contributed by atoms with van der Waals surface area (Å²) in [6, 6.07) is 4.78. The van der Waals surface area contributed by atoms with E-state index in [0.29, 0.717) is 21.6 Å². The second-order valence-electron chi connectivity index (χ2n) is 5.54. The molecular formula is C16H15Cl2N3O2. The van der Waals surface area contributed by atoms with Gasteiger partial charge in [-0.05, 0) is 44.4 Å². The summed E-state index contributed by atoms with van der Waals surface area (Å²) >= 11 is 11.8. The number of fused-ring (bicyclic) bond motifs is 1. The van der Waals surface area contributed by atoms with Crippen molar-refractivity contribution in [1.29, 1.82) is 0 Å². The summed E-state index contributed by atoms with van der Waals surface area (Å²) in [5, 5.41) is 3.56. The van der Waals surface area contributed by atoms with Gasteiger partial charge in [0, 0.05) is 21.3 Å². The molecule has 0 aliphatic heterocycles. The maximum Gasteiger partial charge on any atom is 0.257 e. The number of carbonyl (C=O) groups is 1. The molecule has 5 nitrogen and oxygen atoms in total. The number of rotatable bonds is 3. The first-order valence-electron chi connectivity index (χ1n) is 7.29. The maximum atomic E-state index is 12.5. The fraction of sp³-hybridized carbons (Fsp3) is 0.312. The molecule has 0 atom stereocenters. The quantitative estimate of drug-likeness (QED) is 0.924. The van der Waals surface area contributed by atoms with E-state index < -0.39 is 0 Å². The highest BCUT2D eigenvalue weighted by Crippen LogP contribution is 2.22. The molecule has 1 amide bonds. The number of aromatic nitrogens is 2. The predicted molar refractivity (Wildman–Crippen MR) is 90.4 cm³/mol. The standard InChI is InChI=1S/C16H15Cl2N3O2/c1-9-19-14-4-2-3-13(14)16(23)21(9)8-15(22)20-12-6-10(17)5-11(18)7-12/h5-7H,2-4,8H2,1H3,(H,20,22). The Bertz CT molecular complexity index is 826. The van der Waals surface area contributed by atoms with E-state index in [1.165, 1.54) is 4.57 Å². The van der Waals surface area contributed by atoms with Crippen LogP contribution >= 0.6 is 23.2 Å². The lowest BCUT2D eigenvalue weighted by Gasteiger charge is -2.12. The van der Waals surface area contributed by atoms with Crippen molar-refractivity contribution in [2.45, 2.75) is 32.7 Å². The SMILES string of the molecule is Cc1nc2c(c(=O)n1CC(=O)Nc1cc(Cl)cc(Cl)c1)CCC2. The molecule has 0 unspecified atom stereocenters. The lowest BCUT2D eigenvalue weighted by Crippen LogP contribution is -2.32. The summed E-state index contributed by atoms with van der Waals surface area (Å²) in [6.07, 6.45) is 2.50. The fourth-order valence-corrected chi connectivity index (χ4v) is 3.33. The number of hydrogen-bond acceptors (Lipinski definition) is 3. The first-order valence-corrected chi connectivity index (χ1v) is 8.05. The first kappa shape index (κ1) is 16.0. The highest BCUT2D eigenvalue weighted by Gasteiger charge is 2.20. The second kappa shape index (κ2) is 6.34. The zero-order valence-electron chi connectivity index (χ0n) is 12.5. The summed E-state index contributed by atoms with van der Waals surface area (Å²) < 4.78 is 1.41. The molecule has 1 heterocycles. The highest BCUT2D eigenvalue weighted by atomic mass is 35.5. The number of nitrogens with zero attached hydrogens (tertiary/aromatic N) is 2. The van der Waals surface area contributed by atoms with Crippen LogP contribution in [0.1, 0.15) is 23.5 Å². The van der Waals surface area contributed by atoms with Crippen LogP contribution in [0.25, 0.3) is 0 Å². The van der Waals surface area contributed by atoms with Crippen LogP contribution in [0.2, 0.25) is 10.0 Å². The largest absolute Gasteiger partial charge is 0.324 e. The van der Waals surface area contributed by atoms with E-state index in [9.17, 15) is 9.59 Å². The Morgan fingerprint density at radius 3 is 2.65 bits per heavy atom. The molecule has 0 fully saturated rings. The average Bonchev–Trinajstić information content (AvgIpc) is 2.90. The van der Waals surface area contributed by atoms with Gasteiger partial charge in [-0.1, -0.05) is 23.2 Å². The molecule has 0 radical (unpaired) electrons. The molecule has 1 N–H and O–H groups in total. The minimum Gasteiger partial charge on any atom is -0.324 e. The van der Waals surface area contributed by atoms with Crippen molar-refractivity contribution in [2.75, 3.05) is 5.32 Å². The smallest absolute Gasteiger partial charge is 0.257 e. The van der Waals surface area contributed by atoms with Crippen molar-refractivity contribution < 1.29 is 4.79 Å². The number of carbonyl (C=O) groups excluding carboxylic acids is 1. The van der Waals surface area contributed by atoms with Crippen LogP contribution in [0.15, 0.2) is 23.0 Å². The lowest BCUT2D eigenvalue weighted by molar-refractivity contribution is -0.116. The molecule has 120 valence electrons. The van der Waals surface area contributed by atoms with Gasteiger partial charge in [-0.15, -0.1) is 0 Å². The molecular weight excluding hydrogens is 337 g/mol. The first-order chi connectivity index (χ1) is 10.9. The van der Waals surface area contributed by atoms with Crippen LogP contribution in [-0.2, 0) is 24.2 Å². The Balaban J connectivity index is 1.82. The van der Waals surface area contributed by atoms with Gasteiger partial charge in [0.1, 0.15) is 12.4 Å². The van der Waals surface area contributed by atoms with Crippen molar-refractivity contribution in [3.8, 4) is 0 Å². The van der Waals surface area contributed by atoms with Gasteiger partial charge < -0.3 is 5.32 Å². The molecule has 1 aliphatic carbocycles. The topological polar surface area (TPSA) is 64.0 Å². The van der Waals surface area contributed by atoms with Gasteiger partial charge in [-0.25, -0.2) is 4.98 Å². The Hall–Kier alpha value is -1.85. The summed E-state index contributed by atoms with van der Waals surface area (Å²) in [4.78, 5) is 29.1. The van der Waals surface area contributed by atoms with E-state index >= 15 is 0 Å². The Morgan fingerprint density at radius 2 is 1.96 bits per heavy atom. The van der Waals surface area contributed by atoms with Crippen LogP contribution in [-0.4, -0.2) is 15.5 Å². The van der Waals surface area contributed by atoms with Crippen LogP contribution in [0.3, 0.4) is 0 Å². The zero-order valence-corrected chi connectivity index (χ0v) is 14.0. The number of anilines is 1. The van der Waals surface area contributed by atoms with Crippen LogP contribution < -0.4 is 10.9 Å². The molecule has 2 aromatic rings. The summed E-state index contributed by atoms with van der Waals surface area (Å²) in [7, 11) is 0. The van der Waals surface area contributed by atoms with Crippen molar-refractivity contribution >= 4 is 34.8 Å². The summed E-state index contributed by atoms with van der Waals surface area (Å²) in [5.41, 5.74) is 1.97. The number of hydrogen-bond donors (Lipinski definition) is 1. The number of aryl methyl sites for hydroxylation is 2. The monoisotopic (exact) mass is 351 g/mol. The fourth-order valence-electron chi connectivity index (χ4n) is 2.80. The normalized spacial score (nSPS) is 13.0. The molecule has 0 saturated carbocycles. The molecule has 1 aromatic heterocycles. The van der Waals surface area contributed by atoms with E-state index in [2.05, 4.69) is 10.3 Å². The average molecular weight is 352 g/mol. The third-order valence-electron chi connectivity index (χ3n) is 3.83. The van der Waals surface area contributed by atoms with E-state index in [-0.39, 0.29) is 18.0 Å². The van der Waals surface area contributed by atoms with Crippen molar-refractivity contribution in [3.05, 3.63) is 55.7 Å². The van der Waals surface area contributed by atoms with Gasteiger partial charge >= 0.3 is 0 Å². The molecule has 23 heavy (non-hydrogen) atoms. The van der Waals surface area contributed by atoms with Gasteiger partial charge in [0.2, 0.25) is 5.91 Å². The van der Waals surface area contributed by atoms with Gasteiger partial charge in [-0.3, -0.25) is 14.2 Å². The Labute approximate surface area is 143 Å². The van der Waals surface area contributed by atoms with Gasteiger partial charge in [0.05, 0.1) is 5.69 Å². The number of halogens is 2. The van der Waals surface area contributed by atoms with Crippen LogP contribution in [0.4, 0.5) is 5.69 Å². The molecule has 0 saturated heterocycles. The summed E-state index contributed by atoms with van der Waals surface area (Å²) in [6.45, 7) is 1.65. The number of nitrogens with one attached hydrogen (secondary N) is 1. The molecule has 0 spiro atoms. The van der Waals surface area contributed by atoms with Crippen LogP contribution in [0, 0.1) is 6.92 Å². The van der Waals surface area contributed by atoms with E-state index in [4.69, 9.17) is 23.2 Å². The lowest BCUT2D eigenvalue weighted by atomic mass is 10.2. The maximum absolute atomic E-state index is 12.5. The molecule has 3 rings (SSSR count). The third-order valence-corrected chi connectivity index (χ3v) is 4.26. The Morgan fingerprint density at radius 1 is 1.26 bits per heavy atom. The minimum atomic E-state index is -0.326. The number of benzene rings is 1. The van der Waals surface area contributed by atoms with Crippen molar-refractivity contribution in [2.24, 2.45) is 0 Å². The minimum absolute atomic E-state index is 0.0882. The van der Waals surface area contributed by atoms with Gasteiger partial charge in [-0.2, -0.15) is 0 Å². The van der Waals surface area contributed by atoms with E-state index in [1.807, 2.05) is 0 Å². The summed E-state index contributed by atoms with van der Waals surface area (Å²) in [5.74, 6) is 0.225. The van der Waals surface area contributed by atoms with Crippen molar-refractivity contribution in [3.63, 3.8) is 0 Å². The molecule has 1 aliphatic rings. The van der Waals surface area contributed by atoms with Crippen molar-refractivity contribution in [1.82, 2.24) is 9.55 Å². The second-order valence-corrected chi connectivity index (χ2v) is 6.41. The van der Waals surface area contributed by atoms with E-state index in [1.54, 1.807) is 25.1 Å². The Kier molecular flexibility index (Phi) is 4.41.